The van der Waals surface area contributed by atoms with Crippen LogP contribution in [0.5, 0.6) is 0 Å². The lowest BCUT2D eigenvalue weighted by Crippen LogP contribution is -2.52. The van der Waals surface area contributed by atoms with E-state index in [1.165, 1.54) is 5.56 Å². The summed E-state index contributed by atoms with van der Waals surface area (Å²) in [6, 6.07) is 9.27. The predicted octanol–water partition coefficient (Wildman–Crippen LogP) is 3.09. The summed E-state index contributed by atoms with van der Waals surface area (Å²) >= 11 is 0. The largest absolute Gasteiger partial charge is 0.444 e. The van der Waals surface area contributed by atoms with Gasteiger partial charge in [-0.1, -0.05) is 44.2 Å². The Hall–Kier alpha value is -2.61. The second kappa shape index (κ2) is 11.4. The Morgan fingerprint density at radius 2 is 1.89 bits per heavy atom. The van der Waals surface area contributed by atoms with E-state index in [1.807, 2.05) is 52.8 Å². The molecule has 0 aromatic heterocycles. The minimum atomic E-state index is -0.616. The smallest absolute Gasteiger partial charge is 0.407 e. The molecule has 0 aliphatic carbocycles. The molecule has 35 heavy (non-hydrogen) atoms. The molecule has 3 rings (SSSR count). The fourth-order valence-corrected chi connectivity index (χ4v) is 5.28. The van der Waals surface area contributed by atoms with Gasteiger partial charge in [0.25, 0.3) is 0 Å². The van der Waals surface area contributed by atoms with E-state index in [4.69, 9.17) is 10.5 Å². The van der Waals surface area contributed by atoms with E-state index in [-0.39, 0.29) is 23.9 Å². The van der Waals surface area contributed by atoms with Gasteiger partial charge in [0.05, 0.1) is 6.04 Å². The number of nitrogens with zero attached hydrogens (tertiary/aromatic N) is 2. The van der Waals surface area contributed by atoms with Gasteiger partial charge in [-0.25, -0.2) is 4.79 Å². The lowest BCUT2D eigenvalue weighted by atomic mass is 10.00. The molecule has 3 amide bonds. The van der Waals surface area contributed by atoms with Crippen LogP contribution in [0.15, 0.2) is 30.3 Å². The third-order valence-corrected chi connectivity index (χ3v) is 6.81. The molecular formula is C27H42N4O4. The van der Waals surface area contributed by atoms with Gasteiger partial charge in [-0.15, -0.1) is 0 Å². The van der Waals surface area contributed by atoms with E-state index in [9.17, 15) is 14.4 Å². The number of carbonyl (C=O) groups is 3. The van der Waals surface area contributed by atoms with Crippen molar-refractivity contribution in [3.8, 4) is 0 Å². The van der Waals surface area contributed by atoms with E-state index in [0.717, 1.165) is 19.3 Å². The van der Waals surface area contributed by atoms with Crippen molar-refractivity contribution in [3.63, 3.8) is 0 Å². The van der Waals surface area contributed by atoms with E-state index < -0.39 is 29.7 Å². The van der Waals surface area contributed by atoms with Gasteiger partial charge in [-0.2, -0.15) is 0 Å². The number of hydrogen-bond acceptors (Lipinski definition) is 5. The van der Waals surface area contributed by atoms with Gasteiger partial charge in [0, 0.05) is 25.2 Å². The third-order valence-electron chi connectivity index (χ3n) is 6.81. The topological polar surface area (TPSA) is 105 Å². The molecule has 8 nitrogen and oxygen atoms in total. The highest BCUT2D eigenvalue weighted by Crippen LogP contribution is 2.31. The van der Waals surface area contributed by atoms with Crippen molar-refractivity contribution in [1.29, 1.82) is 0 Å². The van der Waals surface area contributed by atoms with Crippen molar-refractivity contribution in [2.75, 3.05) is 13.1 Å². The lowest BCUT2D eigenvalue weighted by Gasteiger charge is -2.32. The third kappa shape index (κ3) is 7.43. The minimum Gasteiger partial charge on any atom is -0.444 e. The standard InChI is InChI=1S/C27H42N4O4/c1-18(2)15-22(24(28)32)30-14-13-21(12-11-19-9-7-6-8-10-19)31-17-20(16-23(31)25(30)33)29-26(34)35-27(3,4)5/h6-10,18,20-23H,11-17H2,1-5H3,(H2,28,32)(H,29,34)/t20-,21?,22-,23+/m1/s1. The number of alkyl carbamates (subject to hydrolysis) is 1. The van der Waals surface area contributed by atoms with Gasteiger partial charge in [0.1, 0.15) is 11.6 Å². The Balaban J connectivity index is 1.80. The molecule has 0 saturated carbocycles. The van der Waals surface area contributed by atoms with Crippen LogP contribution in [0.1, 0.15) is 65.9 Å². The fourth-order valence-electron chi connectivity index (χ4n) is 5.28. The van der Waals surface area contributed by atoms with Crippen LogP contribution in [0.3, 0.4) is 0 Å². The van der Waals surface area contributed by atoms with Gasteiger partial charge < -0.3 is 20.7 Å². The normalized spacial score (nSPS) is 24.1. The Bertz CT molecular complexity index is 883. The molecule has 0 bridgehead atoms. The molecule has 1 unspecified atom stereocenters. The van der Waals surface area contributed by atoms with Gasteiger partial charge in [-0.05, 0) is 64.4 Å². The van der Waals surface area contributed by atoms with Crippen LogP contribution in [0.4, 0.5) is 4.79 Å². The number of fused-ring (bicyclic) bond motifs is 1. The van der Waals surface area contributed by atoms with Crippen LogP contribution < -0.4 is 11.1 Å². The first-order valence-corrected chi connectivity index (χ1v) is 12.8. The first kappa shape index (κ1) is 27.0. The summed E-state index contributed by atoms with van der Waals surface area (Å²) < 4.78 is 5.45. The van der Waals surface area contributed by atoms with Crippen LogP contribution in [-0.2, 0) is 20.7 Å². The van der Waals surface area contributed by atoms with E-state index in [0.29, 0.717) is 25.9 Å². The Kier molecular flexibility index (Phi) is 8.80. The Labute approximate surface area is 209 Å². The first-order chi connectivity index (χ1) is 16.4. The number of benzene rings is 1. The van der Waals surface area contributed by atoms with Crippen molar-refractivity contribution in [2.24, 2.45) is 11.7 Å². The molecule has 1 aromatic carbocycles. The summed E-state index contributed by atoms with van der Waals surface area (Å²) in [6.07, 6.45) is 3.12. The molecule has 3 N–H and O–H groups in total. The molecule has 2 aliphatic heterocycles. The SMILES string of the molecule is CC(C)C[C@H](C(N)=O)N1CCC(CCc2ccccc2)N2C[C@H](NC(=O)OC(C)(C)C)C[C@H]2C1=O. The second-order valence-corrected chi connectivity index (χ2v) is 11.3. The number of nitrogens with two attached hydrogens (primary N) is 1. The average Bonchev–Trinajstić information content (AvgIpc) is 3.12. The quantitative estimate of drug-likeness (QED) is 0.588. The van der Waals surface area contributed by atoms with Crippen molar-refractivity contribution in [2.45, 2.75) is 96.5 Å². The van der Waals surface area contributed by atoms with Crippen LogP contribution in [0.25, 0.3) is 0 Å². The Morgan fingerprint density at radius 1 is 1.20 bits per heavy atom. The van der Waals surface area contributed by atoms with Crippen LogP contribution in [0, 0.1) is 5.92 Å². The van der Waals surface area contributed by atoms with Crippen molar-refractivity contribution in [1.82, 2.24) is 15.1 Å². The van der Waals surface area contributed by atoms with Crippen LogP contribution >= 0.6 is 0 Å². The number of hydrogen-bond donors (Lipinski definition) is 2. The van der Waals surface area contributed by atoms with Gasteiger partial charge in [0.2, 0.25) is 11.8 Å². The zero-order chi connectivity index (χ0) is 25.8. The molecule has 0 spiro atoms. The van der Waals surface area contributed by atoms with Crippen molar-refractivity contribution >= 4 is 17.9 Å². The summed E-state index contributed by atoms with van der Waals surface area (Å²) in [4.78, 5) is 42.5. The van der Waals surface area contributed by atoms with Crippen LogP contribution in [0.2, 0.25) is 0 Å². The molecule has 0 radical (unpaired) electrons. The molecule has 2 aliphatic rings. The number of carbonyl (C=O) groups excluding carboxylic acids is 3. The highest BCUT2D eigenvalue weighted by Gasteiger charge is 2.46. The number of ether oxygens (including phenoxy) is 1. The summed E-state index contributed by atoms with van der Waals surface area (Å²) in [6.45, 7) is 10.6. The number of aryl methyl sites for hydroxylation is 1. The van der Waals surface area contributed by atoms with Crippen molar-refractivity contribution < 1.29 is 19.1 Å². The zero-order valence-corrected chi connectivity index (χ0v) is 21.8. The van der Waals surface area contributed by atoms with E-state index in [2.05, 4.69) is 22.3 Å². The van der Waals surface area contributed by atoms with Gasteiger partial charge in [0.15, 0.2) is 0 Å². The molecule has 2 saturated heterocycles. The van der Waals surface area contributed by atoms with Gasteiger partial charge in [-0.3, -0.25) is 14.5 Å². The van der Waals surface area contributed by atoms with Gasteiger partial charge >= 0.3 is 6.09 Å². The van der Waals surface area contributed by atoms with E-state index in [1.54, 1.807) is 4.90 Å². The maximum absolute atomic E-state index is 13.8. The maximum Gasteiger partial charge on any atom is 0.407 e. The summed E-state index contributed by atoms with van der Waals surface area (Å²) in [7, 11) is 0. The molecule has 8 heteroatoms. The highest BCUT2D eigenvalue weighted by atomic mass is 16.6. The Morgan fingerprint density at radius 3 is 2.49 bits per heavy atom. The molecule has 194 valence electrons. The number of rotatable bonds is 8. The summed E-state index contributed by atoms with van der Waals surface area (Å²) in [5, 5.41) is 2.96. The van der Waals surface area contributed by atoms with Crippen molar-refractivity contribution in [3.05, 3.63) is 35.9 Å². The second-order valence-electron chi connectivity index (χ2n) is 11.3. The van der Waals surface area contributed by atoms with Crippen LogP contribution in [-0.4, -0.2) is 70.6 Å². The lowest BCUT2D eigenvalue weighted by molar-refractivity contribution is -0.142. The number of nitrogens with one attached hydrogen (secondary N) is 1. The minimum absolute atomic E-state index is 0.0647. The molecule has 2 heterocycles. The predicted molar refractivity (Wildman–Crippen MR) is 136 cm³/mol. The summed E-state index contributed by atoms with van der Waals surface area (Å²) in [5.74, 6) is -0.286. The number of amides is 3. The number of primary amides is 1. The first-order valence-electron chi connectivity index (χ1n) is 12.8. The average molecular weight is 487 g/mol. The summed E-state index contributed by atoms with van der Waals surface area (Å²) in [5.41, 5.74) is 6.43. The fraction of sp³-hybridized carbons (Fsp3) is 0.667. The highest BCUT2D eigenvalue weighted by molar-refractivity contribution is 5.89. The molecule has 1 aromatic rings. The molecular weight excluding hydrogens is 444 g/mol. The molecule has 4 atom stereocenters. The maximum atomic E-state index is 13.8. The monoisotopic (exact) mass is 486 g/mol. The molecule has 2 fully saturated rings. The van der Waals surface area contributed by atoms with E-state index >= 15 is 0 Å². The zero-order valence-electron chi connectivity index (χ0n) is 21.8.